The molecule has 0 unspecified atom stereocenters. The third kappa shape index (κ3) is 21.2. The van der Waals surface area contributed by atoms with Crippen LogP contribution in [0.1, 0.15) is 122 Å². The number of unbranched alkanes of at least 4 members (excludes halogenated alkanes) is 9. The lowest BCUT2D eigenvalue weighted by atomic mass is 10.0. The summed E-state index contributed by atoms with van der Waals surface area (Å²) in [5, 5.41) is 40.1. The number of carbonyl (C=O) groups is 10. The van der Waals surface area contributed by atoms with E-state index in [-0.39, 0.29) is 31.6 Å². The van der Waals surface area contributed by atoms with Crippen LogP contribution in [0.5, 0.6) is 5.75 Å². The van der Waals surface area contributed by atoms with E-state index < -0.39 is 134 Å². The summed E-state index contributed by atoms with van der Waals surface area (Å²) in [6.07, 6.45) is 8.80. The highest BCUT2D eigenvalue weighted by molar-refractivity contribution is 5.99. The smallest absolute Gasteiger partial charge is 0.328 e. The number of rotatable bonds is 33. The number of primary amides is 3. The summed E-state index contributed by atoms with van der Waals surface area (Å²) in [5.74, 6) is -10.4. The van der Waals surface area contributed by atoms with Gasteiger partial charge in [-0.2, -0.15) is 0 Å². The minimum Gasteiger partial charge on any atom is -0.508 e. The molecule has 16 N–H and O–H groups in total. The molecule has 1 aromatic carbocycles. The maximum Gasteiger partial charge on any atom is 0.328 e. The first kappa shape index (κ1) is 56.8. The Balaban J connectivity index is 2.27. The molecule has 0 bridgehead atoms. The monoisotopic (exact) mass is 947 g/mol. The lowest BCUT2D eigenvalue weighted by molar-refractivity contribution is -0.144. The van der Waals surface area contributed by atoms with Crippen LogP contribution < -0.4 is 49.5 Å². The fourth-order valence-corrected chi connectivity index (χ4v) is 7.48. The maximum atomic E-state index is 14.1. The third-order valence-electron chi connectivity index (χ3n) is 11.2. The number of aromatic hydroxyl groups is 1. The van der Waals surface area contributed by atoms with Gasteiger partial charge < -0.3 is 69.7 Å². The van der Waals surface area contributed by atoms with Crippen LogP contribution in [0.4, 0.5) is 0 Å². The molecule has 1 fully saturated rings. The third-order valence-corrected chi connectivity index (χ3v) is 11.2. The predicted octanol–water partition coefficient (Wildman–Crippen LogP) is -1.92. The zero-order valence-electron chi connectivity index (χ0n) is 38.2. The molecule has 1 aromatic rings. The van der Waals surface area contributed by atoms with Gasteiger partial charge >= 0.3 is 5.97 Å². The van der Waals surface area contributed by atoms with Crippen LogP contribution in [-0.2, 0) is 54.4 Å². The standard InChI is InChI=1S/C44H70N10O13/c1-2-3-4-5-6-7-8-9-10-11-13-28(45)38(60)50-30(22-26-15-17-27(56)18-16-26)39(61)51-31(23-36(47)58)40(62)49-29(19-20-35(46)57)43(65)54-21-12-14-34(54)42(64)52-32(24-37(48)59)41(63)53-33(25-55)44(66)67/h15-18,28-34,55-56H,2-14,19-25,45H2,1H3,(H2,46,57)(H2,47,58)(H2,48,59)(H,49,62)(H,50,60)(H,51,61)(H,52,64)(H,53,63)(H,66,67)/t28-,29+,30-,31-,32-,33+,34+/m1/s1. The zero-order valence-corrected chi connectivity index (χ0v) is 38.2. The predicted molar refractivity (Wildman–Crippen MR) is 241 cm³/mol. The number of carbonyl (C=O) groups excluding carboxylic acids is 9. The lowest BCUT2D eigenvalue weighted by Gasteiger charge is -2.30. The van der Waals surface area contributed by atoms with Gasteiger partial charge in [0, 0.05) is 19.4 Å². The normalized spacial score (nSPS) is 16.0. The summed E-state index contributed by atoms with van der Waals surface area (Å²) in [5.41, 5.74) is 22.8. The van der Waals surface area contributed by atoms with Gasteiger partial charge in [-0.15, -0.1) is 0 Å². The second kappa shape index (κ2) is 30.0. The molecule has 0 aliphatic carbocycles. The van der Waals surface area contributed by atoms with E-state index in [2.05, 4.69) is 28.2 Å². The van der Waals surface area contributed by atoms with Crippen molar-refractivity contribution in [2.24, 2.45) is 22.9 Å². The van der Waals surface area contributed by atoms with Gasteiger partial charge in [0.1, 0.15) is 42.0 Å². The molecule has 23 heteroatoms. The van der Waals surface area contributed by atoms with Crippen LogP contribution in [0.25, 0.3) is 0 Å². The van der Waals surface area contributed by atoms with Crippen molar-refractivity contribution in [2.75, 3.05) is 13.2 Å². The van der Waals surface area contributed by atoms with Gasteiger partial charge in [-0.3, -0.25) is 43.2 Å². The highest BCUT2D eigenvalue weighted by atomic mass is 16.4. The molecule has 23 nitrogen and oxygen atoms in total. The number of phenolic OH excluding ortho intramolecular Hbond substituents is 1. The van der Waals surface area contributed by atoms with Gasteiger partial charge in [-0.25, -0.2) is 4.79 Å². The molecule has 0 aromatic heterocycles. The topological polar surface area (TPSA) is 399 Å². The Kier molecular flexibility index (Phi) is 25.4. The Labute approximate surface area is 389 Å². The number of carboxylic acid groups (broad SMARTS) is 1. The molecule has 0 saturated carbocycles. The Morgan fingerprint density at radius 3 is 1.66 bits per heavy atom. The summed E-state index contributed by atoms with van der Waals surface area (Å²) in [7, 11) is 0. The maximum absolute atomic E-state index is 14.1. The van der Waals surface area contributed by atoms with Crippen molar-refractivity contribution in [3.05, 3.63) is 29.8 Å². The first-order valence-corrected chi connectivity index (χ1v) is 22.8. The molecule has 7 atom stereocenters. The average molecular weight is 947 g/mol. The van der Waals surface area contributed by atoms with E-state index in [0.717, 1.165) is 30.6 Å². The van der Waals surface area contributed by atoms with Crippen molar-refractivity contribution in [1.82, 2.24) is 31.5 Å². The number of nitrogens with zero attached hydrogens (tertiary/aromatic N) is 1. The van der Waals surface area contributed by atoms with E-state index >= 15 is 0 Å². The molecule has 67 heavy (non-hydrogen) atoms. The number of benzene rings is 1. The number of nitrogens with one attached hydrogen (secondary N) is 5. The highest BCUT2D eigenvalue weighted by Gasteiger charge is 2.40. The molecule has 374 valence electrons. The molecule has 0 radical (unpaired) electrons. The molecule has 1 heterocycles. The first-order chi connectivity index (χ1) is 31.8. The van der Waals surface area contributed by atoms with Crippen LogP contribution in [0, 0.1) is 0 Å². The Morgan fingerprint density at radius 2 is 1.13 bits per heavy atom. The summed E-state index contributed by atoms with van der Waals surface area (Å²) < 4.78 is 0. The van der Waals surface area contributed by atoms with Crippen molar-refractivity contribution in [3.8, 4) is 5.75 Å². The SMILES string of the molecule is CCCCCCCCCCCC[C@@H](N)C(=O)N[C@H](Cc1ccc(O)cc1)C(=O)N[C@H](CC(N)=O)C(=O)N[C@@H](CCC(N)=O)C(=O)N1CCC[C@H]1C(=O)N[C@H](CC(N)=O)C(=O)N[C@@H](CO)C(=O)O. The minimum atomic E-state index is -1.78. The van der Waals surface area contributed by atoms with Crippen LogP contribution in [-0.4, -0.2) is 135 Å². The summed E-state index contributed by atoms with van der Waals surface area (Å²) in [6.45, 7) is 1.09. The van der Waals surface area contributed by atoms with Crippen LogP contribution >= 0.6 is 0 Å². The van der Waals surface area contributed by atoms with Gasteiger partial charge in [-0.1, -0.05) is 83.3 Å². The number of aliphatic carboxylic acids is 1. The van der Waals surface area contributed by atoms with Crippen molar-refractivity contribution >= 4 is 59.1 Å². The van der Waals surface area contributed by atoms with Gasteiger partial charge in [0.2, 0.25) is 53.2 Å². The van der Waals surface area contributed by atoms with E-state index in [9.17, 15) is 63.3 Å². The second-order valence-electron chi connectivity index (χ2n) is 16.8. The molecular weight excluding hydrogens is 877 g/mol. The van der Waals surface area contributed by atoms with Crippen molar-refractivity contribution < 1.29 is 63.3 Å². The van der Waals surface area contributed by atoms with E-state index in [1.807, 2.05) is 5.32 Å². The van der Waals surface area contributed by atoms with Crippen molar-refractivity contribution in [2.45, 2.75) is 165 Å². The van der Waals surface area contributed by atoms with Crippen LogP contribution in [0.2, 0.25) is 0 Å². The highest BCUT2D eigenvalue weighted by Crippen LogP contribution is 2.21. The molecule has 2 rings (SSSR count). The van der Waals surface area contributed by atoms with Gasteiger partial charge in [-0.05, 0) is 43.4 Å². The van der Waals surface area contributed by atoms with E-state index in [1.54, 1.807) is 0 Å². The minimum absolute atomic E-state index is 0.0186. The molecule has 0 spiro atoms. The molecule has 9 amide bonds. The number of likely N-dealkylation sites (tertiary alicyclic amines) is 1. The van der Waals surface area contributed by atoms with Gasteiger partial charge in [0.25, 0.3) is 0 Å². The van der Waals surface area contributed by atoms with E-state index in [4.69, 9.17) is 22.9 Å². The van der Waals surface area contributed by atoms with E-state index in [1.165, 1.54) is 56.4 Å². The lowest BCUT2D eigenvalue weighted by Crippen LogP contribution is -2.60. The van der Waals surface area contributed by atoms with Crippen LogP contribution in [0.3, 0.4) is 0 Å². The van der Waals surface area contributed by atoms with Crippen molar-refractivity contribution in [1.29, 1.82) is 0 Å². The number of nitrogens with two attached hydrogens (primary N) is 4. The largest absolute Gasteiger partial charge is 0.508 e. The molecular formula is C44H70N10O13. The number of carboxylic acids is 1. The number of aliphatic hydroxyl groups excluding tert-OH is 1. The Hall–Kier alpha value is -6.36. The zero-order chi connectivity index (χ0) is 50.1. The second-order valence-corrected chi connectivity index (χ2v) is 16.8. The number of hydrogen-bond donors (Lipinski definition) is 12. The summed E-state index contributed by atoms with van der Waals surface area (Å²) in [6, 6.07) is -4.74. The Bertz CT molecular complexity index is 1850. The molecule has 1 saturated heterocycles. The fourth-order valence-electron chi connectivity index (χ4n) is 7.48. The molecule has 1 aliphatic rings. The first-order valence-electron chi connectivity index (χ1n) is 22.8. The fraction of sp³-hybridized carbons (Fsp3) is 0.636. The number of hydrogen-bond acceptors (Lipinski definition) is 13. The van der Waals surface area contributed by atoms with E-state index in [0.29, 0.717) is 18.4 Å². The summed E-state index contributed by atoms with van der Waals surface area (Å²) in [4.78, 5) is 130. The number of amides is 9. The number of aliphatic hydroxyl groups is 1. The van der Waals surface area contributed by atoms with Gasteiger partial charge in [0.15, 0.2) is 0 Å². The van der Waals surface area contributed by atoms with Crippen LogP contribution in [0.15, 0.2) is 24.3 Å². The van der Waals surface area contributed by atoms with Gasteiger partial charge in [0.05, 0.1) is 25.5 Å². The average Bonchev–Trinajstić information content (AvgIpc) is 3.77. The Morgan fingerprint density at radius 1 is 0.642 bits per heavy atom. The number of phenols is 1. The molecule has 1 aliphatic heterocycles. The quantitative estimate of drug-likeness (QED) is 0.0342. The van der Waals surface area contributed by atoms with Crippen molar-refractivity contribution in [3.63, 3.8) is 0 Å². The summed E-state index contributed by atoms with van der Waals surface area (Å²) >= 11 is 0.